The number of nitrogens with two attached hydrogens (primary N) is 2. The lowest BCUT2D eigenvalue weighted by atomic mass is 10.2. The molecule has 0 heterocycles. The van der Waals surface area contributed by atoms with Crippen LogP contribution < -0.4 is 15.6 Å². The number of halogens is 1. The molecular weight excluding hydrogens is 391 g/mol. The molecule has 0 saturated heterocycles. The highest BCUT2D eigenvalue weighted by Gasteiger charge is 2.16. The summed E-state index contributed by atoms with van der Waals surface area (Å²) >= 11 is 2.16. The van der Waals surface area contributed by atoms with E-state index >= 15 is 0 Å². The topological polar surface area (TPSA) is 95.4 Å². The normalized spacial score (nSPS) is 11.3. The van der Waals surface area contributed by atoms with E-state index < -0.39 is 10.0 Å². The maximum atomic E-state index is 11.5. The van der Waals surface area contributed by atoms with Crippen molar-refractivity contribution < 1.29 is 13.2 Å². The summed E-state index contributed by atoms with van der Waals surface area (Å²) in [4.78, 5) is -0.0295. The van der Waals surface area contributed by atoms with Crippen LogP contribution in [-0.4, -0.2) is 8.42 Å². The van der Waals surface area contributed by atoms with Gasteiger partial charge in [-0.05, 0) is 53.8 Å². The highest BCUT2D eigenvalue weighted by atomic mass is 127. The minimum atomic E-state index is -3.84. The number of rotatable bonds is 3. The van der Waals surface area contributed by atoms with Crippen LogP contribution in [0.25, 0.3) is 0 Å². The largest absolute Gasteiger partial charge is 0.457 e. The average molecular weight is 404 g/mol. The van der Waals surface area contributed by atoms with Gasteiger partial charge in [-0.15, -0.1) is 0 Å². The van der Waals surface area contributed by atoms with E-state index in [4.69, 9.17) is 15.6 Å². The van der Waals surface area contributed by atoms with Gasteiger partial charge in [-0.2, -0.15) is 0 Å². The number of primary sulfonamides is 1. The van der Waals surface area contributed by atoms with E-state index in [1.54, 1.807) is 19.1 Å². The molecule has 0 aliphatic carbocycles. The number of sulfonamides is 1. The van der Waals surface area contributed by atoms with Gasteiger partial charge in [0.25, 0.3) is 0 Å². The number of hydrogen-bond acceptors (Lipinski definition) is 4. The molecule has 2 aromatic rings. The average Bonchev–Trinajstić information content (AvgIpc) is 2.32. The molecule has 4 N–H and O–H groups in total. The van der Waals surface area contributed by atoms with E-state index in [1.807, 2.05) is 18.2 Å². The van der Waals surface area contributed by atoms with Crippen molar-refractivity contribution in [2.45, 2.75) is 11.8 Å². The van der Waals surface area contributed by atoms with Crippen molar-refractivity contribution in [1.82, 2.24) is 0 Å². The fourth-order valence-corrected chi connectivity index (χ4v) is 3.08. The zero-order valence-corrected chi connectivity index (χ0v) is 13.6. The predicted molar refractivity (Wildman–Crippen MR) is 86.2 cm³/mol. The maximum Gasteiger partial charge on any atom is 0.238 e. The Balaban J connectivity index is 2.50. The molecule has 2 rings (SSSR count). The second kappa shape index (κ2) is 5.58. The van der Waals surface area contributed by atoms with Crippen LogP contribution in [0.2, 0.25) is 0 Å². The Morgan fingerprint density at radius 2 is 1.90 bits per heavy atom. The van der Waals surface area contributed by atoms with Crippen molar-refractivity contribution in [2.24, 2.45) is 5.14 Å². The van der Waals surface area contributed by atoms with Crippen LogP contribution in [0.4, 0.5) is 5.69 Å². The predicted octanol–water partition coefficient (Wildman–Crippen LogP) is 2.62. The van der Waals surface area contributed by atoms with Gasteiger partial charge in [0, 0.05) is 20.9 Å². The summed E-state index contributed by atoms with van der Waals surface area (Å²) in [5.41, 5.74) is 6.42. The van der Waals surface area contributed by atoms with Crippen molar-refractivity contribution in [1.29, 1.82) is 0 Å². The Hall–Kier alpha value is -1.32. The summed E-state index contributed by atoms with van der Waals surface area (Å²) in [6.07, 6.45) is 0. The summed E-state index contributed by atoms with van der Waals surface area (Å²) in [7, 11) is -3.84. The van der Waals surface area contributed by atoms with Gasteiger partial charge in [0.1, 0.15) is 11.5 Å². The number of hydrogen-bond donors (Lipinski definition) is 2. The maximum absolute atomic E-state index is 11.5. The monoisotopic (exact) mass is 404 g/mol. The molecule has 0 aliphatic heterocycles. The second-order valence-corrected chi connectivity index (χ2v) is 7.02. The Morgan fingerprint density at radius 3 is 2.50 bits per heavy atom. The van der Waals surface area contributed by atoms with Crippen molar-refractivity contribution >= 4 is 38.3 Å². The number of anilines is 1. The van der Waals surface area contributed by atoms with E-state index in [0.717, 1.165) is 3.57 Å². The molecule has 5 nitrogen and oxygen atoms in total. The lowest BCUT2D eigenvalue weighted by Crippen LogP contribution is -2.14. The van der Waals surface area contributed by atoms with E-state index in [1.165, 1.54) is 6.07 Å². The smallest absolute Gasteiger partial charge is 0.238 e. The molecule has 2 aromatic carbocycles. The Morgan fingerprint density at radius 1 is 1.20 bits per heavy atom. The van der Waals surface area contributed by atoms with Gasteiger partial charge in [-0.25, -0.2) is 13.6 Å². The van der Waals surface area contributed by atoms with E-state index in [9.17, 15) is 8.42 Å². The third-order valence-electron chi connectivity index (χ3n) is 2.67. The Kier molecular flexibility index (Phi) is 4.21. The molecule has 7 heteroatoms. The summed E-state index contributed by atoms with van der Waals surface area (Å²) in [5.74, 6) is 0.974. The highest BCUT2D eigenvalue weighted by molar-refractivity contribution is 14.1. The number of benzene rings is 2. The van der Waals surface area contributed by atoms with Gasteiger partial charge in [-0.3, -0.25) is 0 Å². The number of nitrogen functional groups attached to an aromatic ring is 1. The van der Waals surface area contributed by atoms with Crippen LogP contribution >= 0.6 is 22.6 Å². The molecule has 0 spiro atoms. The highest BCUT2D eigenvalue weighted by Crippen LogP contribution is 2.32. The molecule has 20 heavy (non-hydrogen) atoms. The molecule has 0 radical (unpaired) electrons. The first-order valence-corrected chi connectivity index (χ1v) is 8.26. The SMILES string of the molecule is Cc1c(Oc2cccc(I)c2)cc(N)cc1S(N)(=O)=O. The van der Waals surface area contributed by atoms with Gasteiger partial charge in [0.15, 0.2) is 0 Å². The first-order valence-electron chi connectivity index (χ1n) is 5.64. The quantitative estimate of drug-likeness (QED) is 0.608. The summed E-state index contributed by atoms with van der Waals surface area (Å²) in [6.45, 7) is 1.63. The zero-order valence-electron chi connectivity index (χ0n) is 10.6. The minimum absolute atomic E-state index is 0.0295. The molecule has 0 amide bonds. The molecular formula is C13H13IN2O3S. The lowest BCUT2D eigenvalue weighted by Gasteiger charge is -2.13. The third kappa shape index (κ3) is 3.41. The first kappa shape index (κ1) is 15.1. The van der Waals surface area contributed by atoms with Crippen LogP contribution in [0.3, 0.4) is 0 Å². The molecule has 0 bridgehead atoms. The first-order chi connectivity index (χ1) is 9.27. The minimum Gasteiger partial charge on any atom is -0.457 e. The van der Waals surface area contributed by atoms with Crippen molar-refractivity contribution in [2.75, 3.05) is 5.73 Å². The summed E-state index contributed by atoms with van der Waals surface area (Å²) in [6, 6.07) is 10.3. The Bertz CT molecular complexity index is 760. The van der Waals surface area contributed by atoms with Crippen LogP contribution in [0.5, 0.6) is 11.5 Å². The molecule has 0 aromatic heterocycles. The molecule has 106 valence electrons. The van der Waals surface area contributed by atoms with E-state index in [0.29, 0.717) is 17.1 Å². The van der Waals surface area contributed by atoms with Crippen LogP contribution in [0, 0.1) is 10.5 Å². The fourth-order valence-electron chi connectivity index (χ4n) is 1.74. The third-order valence-corrected chi connectivity index (χ3v) is 4.37. The summed E-state index contributed by atoms with van der Waals surface area (Å²) in [5, 5.41) is 5.17. The van der Waals surface area contributed by atoms with Gasteiger partial charge in [0.2, 0.25) is 10.0 Å². The van der Waals surface area contributed by atoms with Crippen LogP contribution in [-0.2, 0) is 10.0 Å². The second-order valence-electron chi connectivity index (χ2n) is 4.25. The van der Waals surface area contributed by atoms with Crippen molar-refractivity contribution in [3.8, 4) is 11.5 Å². The summed E-state index contributed by atoms with van der Waals surface area (Å²) < 4.78 is 29.8. The van der Waals surface area contributed by atoms with Gasteiger partial charge in [-0.1, -0.05) is 6.07 Å². The van der Waals surface area contributed by atoms with Crippen molar-refractivity contribution in [3.05, 3.63) is 45.5 Å². The van der Waals surface area contributed by atoms with Crippen LogP contribution in [0.15, 0.2) is 41.3 Å². The molecule has 0 unspecified atom stereocenters. The molecule has 0 aliphatic rings. The standard InChI is InChI=1S/C13H13IN2O3S/c1-8-12(19-11-4-2-3-9(14)5-11)6-10(15)7-13(8)20(16,17)18/h2-7H,15H2,1H3,(H2,16,17,18). The lowest BCUT2D eigenvalue weighted by molar-refractivity contribution is 0.476. The van der Waals surface area contributed by atoms with Gasteiger partial charge in [0.05, 0.1) is 4.90 Å². The van der Waals surface area contributed by atoms with Gasteiger partial charge >= 0.3 is 0 Å². The van der Waals surface area contributed by atoms with Gasteiger partial charge < -0.3 is 10.5 Å². The van der Waals surface area contributed by atoms with Crippen molar-refractivity contribution in [3.63, 3.8) is 0 Å². The fraction of sp³-hybridized carbons (Fsp3) is 0.0769. The molecule has 0 fully saturated rings. The zero-order chi connectivity index (χ0) is 14.9. The molecule has 0 atom stereocenters. The molecule has 0 saturated carbocycles. The van der Waals surface area contributed by atoms with Crippen LogP contribution in [0.1, 0.15) is 5.56 Å². The number of ether oxygens (including phenoxy) is 1. The van der Waals surface area contributed by atoms with E-state index in [-0.39, 0.29) is 10.6 Å². The van der Waals surface area contributed by atoms with E-state index in [2.05, 4.69) is 22.6 Å². The Labute approximate surface area is 131 Å².